The van der Waals surface area contributed by atoms with Crippen molar-refractivity contribution in [3.8, 4) is 0 Å². The molecule has 0 aliphatic heterocycles. The fourth-order valence-electron chi connectivity index (χ4n) is 2.57. The maximum atomic E-state index is 13.2. The summed E-state index contributed by atoms with van der Waals surface area (Å²) in [5.41, 5.74) is 2.44. The molecular formula is C19H23ClFN3O2S. The van der Waals surface area contributed by atoms with Crippen molar-refractivity contribution in [2.24, 2.45) is 4.99 Å². The molecule has 0 heterocycles. The summed E-state index contributed by atoms with van der Waals surface area (Å²) in [5, 5.41) is 6.38. The average Bonchev–Trinajstić information content (AvgIpc) is 2.59. The van der Waals surface area contributed by atoms with Gasteiger partial charge in [-0.1, -0.05) is 29.8 Å². The molecule has 5 nitrogen and oxygen atoms in total. The molecule has 0 aliphatic carbocycles. The van der Waals surface area contributed by atoms with E-state index in [1.165, 1.54) is 12.3 Å². The van der Waals surface area contributed by atoms with E-state index in [0.29, 0.717) is 36.1 Å². The number of guanidine groups is 1. The van der Waals surface area contributed by atoms with E-state index in [4.69, 9.17) is 11.6 Å². The molecule has 0 aliphatic rings. The molecule has 2 N–H and O–H groups in total. The summed E-state index contributed by atoms with van der Waals surface area (Å²) in [7, 11) is -3.23. The number of hydrogen-bond donors (Lipinski definition) is 2. The summed E-state index contributed by atoms with van der Waals surface area (Å²) >= 11 is 5.80. The molecule has 0 fully saturated rings. The zero-order valence-corrected chi connectivity index (χ0v) is 17.1. The normalized spacial score (nSPS) is 12.1. The Kier molecular flexibility index (Phi) is 7.21. The molecule has 0 unspecified atom stereocenters. The highest BCUT2D eigenvalue weighted by Crippen LogP contribution is 2.17. The molecule has 146 valence electrons. The number of benzene rings is 2. The predicted octanol–water partition coefficient (Wildman–Crippen LogP) is 3.45. The van der Waals surface area contributed by atoms with Gasteiger partial charge in [0.2, 0.25) is 0 Å². The van der Waals surface area contributed by atoms with E-state index in [9.17, 15) is 12.8 Å². The zero-order valence-electron chi connectivity index (χ0n) is 15.5. The maximum Gasteiger partial charge on any atom is 0.191 e. The molecule has 0 saturated heterocycles. The van der Waals surface area contributed by atoms with Crippen molar-refractivity contribution in [2.75, 3.05) is 12.8 Å². The second kappa shape index (κ2) is 9.19. The smallest absolute Gasteiger partial charge is 0.191 e. The summed E-state index contributed by atoms with van der Waals surface area (Å²) < 4.78 is 36.6. The number of halogens is 2. The number of nitrogens with zero attached hydrogens (tertiary/aromatic N) is 1. The number of aliphatic imine (C=N–C) groups is 1. The van der Waals surface area contributed by atoms with Gasteiger partial charge in [0.25, 0.3) is 0 Å². The van der Waals surface area contributed by atoms with Crippen LogP contribution < -0.4 is 10.6 Å². The fourth-order valence-corrected chi connectivity index (χ4v) is 3.74. The van der Waals surface area contributed by atoms with Crippen LogP contribution in [-0.2, 0) is 22.9 Å². The number of sulfone groups is 1. The number of hydrogen-bond acceptors (Lipinski definition) is 3. The summed E-state index contributed by atoms with van der Waals surface area (Å²) in [6.07, 6.45) is 1.20. The molecule has 0 radical (unpaired) electrons. The van der Waals surface area contributed by atoms with Crippen LogP contribution in [0.1, 0.15) is 23.6 Å². The molecular weight excluding hydrogens is 389 g/mol. The second-order valence-electron chi connectivity index (χ2n) is 6.17. The fraction of sp³-hybridized carbons (Fsp3) is 0.316. The molecule has 2 aromatic carbocycles. The predicted molar refractivity (Wildman–Crippen MR) is 107 cm³/mol. The van der Waals surface area contributed by atoms with Crippen molar-refractivity contribution < 1.29 is 12.8 Å². The summed E-state index contributed by atoms with van der Waals surface area (Å²) in [6, 6.07) is 9.75. The Bertz CT molecular complexity index is 946. The van der Waals surface area contributed by atoms with E-state index in [0.717, 1.165) is 11.1 Å². The van der Waals surface area contributed by atoms with Gasteiger partial charge in [-0.2, -0.15) is 0 Å². The van der Waals surface area contributed by atoms with Crippen molar-refractivity contribution in [3.63, 3.8) is 0 Å². The SMILES string of the molecule is CCNC(=NCc1ccc(S(C)(=O)=O)c(C)c1)NCc1ccc(F)c(Cl)c1. The molecule has 0 atom stereocenters. The molecule has 8 heteroatoms. The van der Waals surface area contributed by atoms with Crippen LogP contribution in [0.4, 0.5) is 4.39 Å². The summed E-state index contributed by atoms with van der Waals surface area (Å²) in [6.45, 7) is 5.24. The van der Waals surface area contributed by atoms with Crippen LogP contribution in [0.2, 0.25) is 5.02 Å². The monoisotopic (exact) mass is 411 g/mol. The zero-order chi connectivity index (χ0) is 20.0. The van der Waals surface area contributed by atoms with Crippen molar-refractivity contribution in [1.82, 2.24) is 10.6 Å². The van der Waals surface area contributed by atoms with Gasteiger partial charge in [-0.05, 0) is 48.7 Å². The van der Waals surface area contributed by atoms with Crippen LogP contribution >= 0.6 is 11.6 Å². The van der Waals surface area contributed by atoms with Crippen molar-refractivity contribution in [1.29, 1.82) is 0 Å². The Balaban J connectivity index is 2.08. The van der Waals surface area contributed by atoms with Gasteiger partial charge < -0.3 is 10.6 Å². The molecule has 0 saturated carbocycles. The first-order valence-corrected chi connectivity index (χ1v) is 10.7. The van der Waals surface area contributed by atoms with Gasteiger partial charge in [0.05, 0.1) is 16.5 Å². The average molecular weight is 412 g/mol. The van der Waals surface area contributed by atoms with E-state index in [-0.39, 0.29) is 5.02 Å². The van der Waals surface area contributed by atoms with Gasteiger partial charge in [-0.15, -0.1) is 0 Å². The lowest BCUT2D eigenvalue weighted by Gasteiger charge is -2.12. The minimum absolute atomic E-state index is 0.0812. The molecule has 0 aromatic heterocycles. The van der Waals surface area contributed by atoms with Crippen LogP contribution in [0, 0.1) is 12.7 Å². The van der Waals surface area contributed by atoms with Crippen LogP contribution in [0.3, 0.4) is 0 Å². The lowest BCUT2D eigenvalue weighted by Crippen LogP contribution is -2.36. The van der Waals surface area contributed by atoms with Crippen LogP contribution in [0.25, 0.3) is 0 Å². The Labute approximate surface area is 164 Å². The van der Waals surface area contributed by atoms with Crippen LogP contribution in [0.15, 0.2) is 46.3 Å². The number of nitrogens with one attached hydrogen (secondary N) is 2. The summed E-state index contributed by atoms with van der Waals surface area (Å²) in [5.74, 6) is 0.150. The molecule has 27 heavy (non-hydrogen) atoms. The standard InChI is InChI=1S/C19H23ClFN3O2S/c1-4-22-19(24-12-15-5-7-17(21)16(20)10-15)23-11-14-6-8-18(13(2)9-14)27(3,25)26/h5-10H,4,11-12H2,1-3H3,(H2,22,23,24). The van der Waals surface area contributed by atoms with Crippen molar-refractivity contribution >= 4 is 27.4 Å². The molecule has 0 bridgehead atoms. The minimum Gasteiger partial charge on any atom is -0.357 e. The Hall–Kier alpha value is -2.12. The first-order valence-electron chi connectivity index (χ1n) is 8.46. The van der Waals surface area contributed by atoms with Gasteiger partial charge in [-0.3, -0.25) is 0 Å². The molecule has 0 spiro atoms. The third kappa shape index (κ3) is 6.22. The largest absolute Gasteiger partial charge is 0.357 e. The van der Waals surface area contributed by atoms with Gasteiger partial charge in [0.1, 0.15) is 5.82 Å². The highest BCUT2D eigenvalue weighted by atomic mass is 35.5. The van der Waals surface area contributed by atoms with E-state index in [1.54, 1.807) is 31.2 Å². The van der Waals surface area contributed by atoms with E-state index < -0.39 is 15.7 Å². The Morgan fingerprint density at radius 3 is 2.44 bits per heavy atom. The lowest BCUT2D eigenvalue weighted by atomic mass is 10.1. The van der Waals surface area contributed by atoms with E-state index >= 15 is 0 Å². The third-order valence-electron chi connectivity index (χ3n) is 3.85. The van der Waals surface area contributed by atoms with Crippen molar-refractivity contribution in [3.05, 3.63) is 63.9 Å². The van der Waals surface area contributed by atoms with Crippen LogP contribution in [-0.4, -0.2) is 27.2 Å². The highest BCUT2D eigenvalue weighted by molar-refractivity contribution is 7.90. The topological polar surface area (TPSA) is 70.6 Å². The first-order chi connectivity index (χ1) is 12.7. The van der Waals surface area contributed by atoms with Gasteiger partial charge in [-0.25, -0.2) is 17.8 Å². The molecule has 0 amide bonds. The number of aryl methyl sites for hydroxylation is 1. The first kappa shape index (κ1) is 21.2. The van der Waals surface area contributed by atoms with Gasteiger partial charge in [0.15, 0.2) is 15.8 Å². The second-order valence-corrected chi connectivity index (χ2v) is 8.56. The Morgan fingerprint density at radius 2 is 1.85 bits per heavy atom. The van der Waals surface area contributed by atoms with Gasteiger partial charge >= 0.3 is 0 Å². The molecule has 2 aromatic rings. The molecule has 2 rings (SSSR count). The minimum atomic E-state index is -3.23. The quantitative estimate of drug-likeness (QED) is 0.564. The third-order valence-corrected chi connectivity index (χ3v) is 5.39. The van der Waals surface area contributed by atoms with Gasteiger partial charge in [0, 0.05) is 19.3 Å². The number of rotatable bonds is 6. The Morgan fingerprint density at radius 1 is 1.15 bits per heavy atom. The van der Waals surface area contributed by atoms with E-state index in [1.807, 2.05) is 13.0 Å². The maximum absolute atomic E-state index is 13.2. The highest BCUT2D eigenvalue weighted by Gasteiger charge is 2.10. The van der Waals surface area contributed by atoms with Crippen LogP contribution in [0.5, 0.6) is 0 Å². The van der Waals surface area contributed by atoms with Crippen molar-refractivity contribution in [2.45, 2.75) is 31.8 Å². The lowest BCUT2D eigenvalue weighted by molar-refractivity contribution is 0.601. The van der Waals surface area contributed by atoms with E-state index in [2.05, 4.69) is 15.6 Å². The summed E-state index contributed by atoms with van der Waals surface area (Å²) in [4.78, 5) is 4.84.